The van der Waals surface area contributed by atoms with E-state index >= 15 is 0 Å². The van der Waals surface area contributed by atoms with Crippen molar-refractivity contribution in [2.24, 2.45) is 17.8 Å². The summed E-state index contributed by atoms with van der Waals surface area (Å²) in [6, 6.07) is 0. The molecule has 3 aliphatic carbocycles. The Kier molecular flexibility index (Phi) is 6.05. The van der Waals surface area contributed by atoms with Crippen molar-refractivity contribution < 1.29 is 9.53 Å². The van der Waals surface area contributed by atoms with Crippen LogP contribution < -0.4 is 0 Å². The standard InChI is InChI=1S/C22H36O2/c1-17(2)21(23)24-22(19-13-7-4-8-14-19)16-10-9-15-20(22)18-11-5-3-6-12-18/h18-20H,1,3-16H2,2H3. The number of hydrogen-bond donors (Lipinski definition) is 0. The fourth-order valence-corrected chi connectivity index (χ4v) is 5.93. The lowest BCUT2D eigenvalue weighted by Crippen LogP contribution is -2.54. The molecular weight excluding hydrogens is 296 g/mol. The van der Waals surface area contributed by atoms with Crippen LogP contribution in [0.3, 0.4) is 0 Å². The Labute approximate surface area is 148 Å². The molecule has 3 aliphatic rings. The van der Waals surface area contributed by atoms with Crippen molar-refractivity contribution >= 4 is 5.97 Å². The number of hydrogen-bond acceptors (Lipinski definition) is 2. The van der Waals surface area contributed by atoms with Crippen molar-refractivity contribution in [1.82, 2.24) is 0 Å². The van der Waals surface area contributed by atoms with Crippen LogP contribution in [0.1, 0.15) is 96.8 Å². The molecule has 0 bridgehead atoms. The molecule has 2 unspecified atom stereocenters. The first-order valence-corrected chi connectivity index (χ1v) is 10.5. The zero-order valence-corrected chi connectivity index (χ0v) is 15.7. The SMILES string of the molecule is C=C(C)C(=O)OC1(C2CCCCC2)CCCCC1C1CCCCC1. The molecule has 0 aromatic rings. The molecule has 0 aliphatic heterocycles. The maximum Gasteiger partial charge on any atom is 0.333 e. The predicted octanol–water partition coefficient (Wildman–Crippen LogP) is 6.20. The van der Waals surface area contributed by atoms with E-state index in [-0.39, 0.29) is 11.6 Å². The van der Waals surface area contributed by atoms with Crippen LogP contribution >= 0.6 is 0 Å². The van der Waals surface area contributed by atoms with Gasteiger partial charge in [-0.05, 0) is 50.9 Å². The Balaban J connectivity index is 1.89. The van der Waals surface area contributed by atoms with Gasteiger partial charge in [0.05, 0.1) is 0 Å². The zero-order chi connectivity index (χ0) is 17.0. The molecule has 2 nitrogen and oxygen atoms in total. The second-order valence-corrected chi connectivity index (χ2v) is 8.71. The zero-order valence-electron chi connectivity index (χ0n) is 15.7. The Hall–Kier alpha value is -0.790. The van der Waals surface area contributed by atoms with Crippen LogP contribution in [0, 0.1) is 17.8 Å². The maximum absolute atomic E-state index is 12.6. The fraction of sp³-hybridized carbons (Fsp3) is 0.864. The van der Waals surface area contributed by atoms with Gasteiger partial charge in [0.25, 0.3) is 0 Å². The molecule has 3 rings (SSSR count). The third kappa shape index (κ3) is 3.73. The molecular formula is C22H36O2. The van der Waals surface area contributed by atoms with E-state index in [0.717, 1.165) is 12.3 Å². The lowest BCUT2D eigenvalue weighted by molar-refractivity contribution is -0.187. The van der Waals surface area contributed by atoms with Crippen LogP contribution in [0.25, 0.3) is 0 Å². The topological polar surface area (TPSA) is 26.3 Å². The van der Waals surface area contributed by atoms with Crippen LogP contribution in [0.15, 0.2) is 12.2 Å². The van der Waals surface area contributed by atoms with E-state index in [0.29, 0.717) is 17.4 Å². The molecule has 2 heteroatoms. The molecule has 2 atom stereocenters. The van der Waals surface area contributed by atoms with E-state index in [1.807, 2.05) is 0 Å². The summed E-state index contributed by atoms with van der Waals surface area (Å²) in [5, 5.41) is 0. The first kappa shape index (κ1) is 18.0. The summed E-state index contributed by atoms with van der Waals surface area (Å²) in [5.74, 6) is 1.82. The summed E-state index contributed by atoms with van der Waals surface area (Å²) < 4.78 is 6.41. The average Bonchev–Trinajstić information content (AvgIpc) is 2.63. The molecule has 0 aromatic heterocycles. The van der Waals surface area contributed by atoms with E-state index in [1.54, 1.807) is 6.92 Å². The fourth-order valence-electron chi connectivity index (χ4n) is 5.93. The summed E-state index contributed by atoms with van der Waals surface area (Å²) in [7, 11) is 0. The van der Waals surface area contributed by atoms with Gasteiger partial charge in [0, 0.05) is 11.5 Å². The Bertz CT molecular complexity index is 443. The first-order chi connectivity index (χ1) is 11.6. The lowest BCUT2D eigenvalue weighted by atomic mass is 9.59. The second-order valence-electron chi connectivity index (χ2n) is 8.71. The highest BCUT2D eigenvalue weighted by molar-refractivity contribution is 5.87. The molecule has 0 saturated heterocycles. The molecule has 0 radical (unpaired) electrons. The number of carbonyl (C=O) groups excluding carboxylic acids is 1. The number of carbonyl (C=O) groups is 1. The van der Waals surface area contributed by atoms with Crippen LogP contribution in [0.4, 0.5) is 0 Å². The minimum Gasteiger partial charge on any atom is -0.455 e. The van der Waals surface area contributed by atoms with Gasteiger partial charge >= 0.3 is 5.97 Å². The van der Waals surface area contributed by atoms with E-state index in [9.17, 15) is 4.79 Å². The third-order valence-corrected chi connectivity index (χ3v) is 7.11. The Morgan fingerprint density at radius 3 is 2.08 bits per heavy atom. The number of ether oxygens (including phenoxy) is 1. The molecule has 0 N–H and O–H groups in total. The predicted molar refractivity (Wildman–Crippen MR) is 98.7 cm³/mol. The minimum atomic E-state index is -0.184. The molecule has 3 fully saturated rings. The second kappa shape index (κ2) is 8.06. The van der Waals surface area contributed by atoms with Gasteiger partial charge in [0.15, 0.2) is 0 Å². The van der Waals surface area contributed by atoms with Crippen molar-refractivity contribution in [2.45, 2.75) is 102 Å². The van der Waals surface area contributed by atoms with Gasteiger partial charge in [-0.25, -0.2) is 4.79 Å². The molecule has 0 spiro atoms. The van der Waals surface area contributed by atoms with Crippen molar-refractivity contribution in [1.29, 1.82) is 0 Å². The van der Waals surface area contributed by atoms with Gasteiger partial charge in [-0.3, -0.25) is 0 Å². The van der Waals surface area contributed by atoms with Gasteiger partial charge in [-0.15, -0.1) is 0 Å². The molecule has 0 amide bonds. The summed E-state index contributed by atoms with van der Waals surface area (Å²) >= 11 is 0. The number of esters is 1. The first-order valence-electron chi connectivity index (χ1n) is 10.5. The van der Waals surface area contributed by atoms with E-state index in [2.05, 4.69) is 6.58 Å². The van der Waals surface area contributed by atoms with E-state index in [4.69, 9.17) is 4.74 Å². The highest BCUT2D eigenvalue weighted by Crippen LogP contribution is 2.52. The largest absolute Gasteiger partial charge is 0.455 e. The van der Waals surface area contributed by atoms with Crippen LogP contribution in [0.2, 0.25) is 0 Å². The Morgan fingerprint density at radius 2 is 1.46 bits per heavy atom. The monoisotopic (exact) mass is 332 g/mol. The van der Waals surface area contributed by atoms with Crippen molar-refractivity contribution in [3.8, 4) is 0 Å². The molecule has 3 saturated carbocycles. The van der Waals surface area contributed by atoms with Gasteiger partial charge in [-0.1, -0.05) is 64.4 Å². The van der Waals surface area contributed by atoms with E-state index < -0.39 is 0 Å². The minimum absolute atomic E-state index is 0.136. The summed E-state index contributed by atoms with van der Waals surface area (Å²) in [6.45, 7) is 5.66. The number of rotatable bonds is 4. The normalized spacial score (nSPS) is 33.1. The van der Waals surface area contributed by atoms with Crippen molar-refractivity contribution in [3.05, 3.63) is 12.2 Å². The molecule has 24 heavy (non-hydrogen) atoms. The van der Waals surface area contributed by atoms with Crippen molar-refractivity contribution in [3.63, 3.8) is 0 Å². The van der Waals surface area contributed by atoms with Gasteiger partial charge in [0.1, 0.15) is 5.60 Å². The summed E-state index contributed by atoms with van der Waals surface area (Å²) in [4.78, 5) is 12.6. The van der Waals surface area contributed by atoms with Gasteiger partial charge < -0.3 is 4.74 Å². The average molecular weight is 333 g/mol. The summed E-state index contributed by atoms with van der Waals surface area (Å²) in [5.41, 5.74) is 0.384. The maximum atomic E-state index is 12.6. The van der Waals surface area contributed by atoms with Gasteiger partial charge in [-0.2, -0.15) is 0 Å². The molecule has 0 heterocycles. The van der Waals surface area contributed by atoms with Crippen LogP contribution in [-0.2, 0) is 9.53 Å². The van der Waals surface area contributed by atoms with E-state index in [1.165, 1.54) is 83.5 Å². The highest BCUT2D eigenvalue weighted by Gasteiger charge is 2.52. The van der Waals surface area contributed by atoms with Crippen LogP contribution in [-0.4, -0.2) is 11.6 Å². The molecule has 136 valence electrons. The van der Waals surface area contributed by atoms with Crippen LogP contribution in [0.5, 0.6) is 0 Å². The Morgan fingerprint density at radius 1 is 0.875 bits per heavy atom. The highest BCUT2D eigenvalue weighted by atomic mass is 16.6. The quantitative estimate of drug-likeness (QED) is 0.453. The molecule has 0 aromatic carbocycles. The summed E-state index contributed by atoms with van der Waals surface area (Å²) in [6.07, 6.45) is 18.2. The lowest BCUT2D eigenvalue weighted by Gasteiger charge is -2.52. The third-order valence-electron chi connectivity index (χ3n) is 7.11. The van der Waals surface area contributed by atoms with Gasteiger partial charge in [0.2, 0.25) is 0 Å². The smallest absolute Gasteiger partial charge is 0.333 e. The van der Waals surface area contributed by atoms with Crippen molar-refractivity contribution in [2.75, 3.05) is 0 Å².